The van der Waals surface area contributed by atoms with Crippen molar-refractivity contribution in [3.05, 3.63) is 0 Å². The topological polar surface area (TPSA) is 53.6 Å². The second-order valence-electron chi connectivity index (χ2n) is 6.04. The molecule has 2 saturated heterocycles. The lowest BCUT2D eigenvalue weighted by Crippen LogP contribution is -2.52. The number of amides is 1. The van der Waals surface area contributed by atoms with Gasteiger partial charge in [0.05, 0.1) is 6.61 Å². The lowest BCUT2D eigenvalue weighted by molar-refractivity contribution is -0.135. The van der Waals surface area contributed by atoms with Gasteiger partial charge in [0, 0.05) is 38.8 Å². The molecular weight excluding hydrogens is 242 g/mol. The summed E-state index contributed by atoms with van der Waals surface area (Å²) in [5.41, 5.74) is 0. The molecule has 2 aliphatic rings. The molecule has 2 fully saturated rings. The zero-order valence-corrected chi connectivity index (χ0v) is 12.2. The van der Waals surface area contributed by atoms with Crippen LogP contribution in [-0.4, -0.2) is 62.3 Å². The number of rotatable bonds is 4. The van der Waals surface area contributed by atoms with E-state index in [1.165, 1.54) is 0 Å². The summed E-state index contributed by atoms with van der Waals surface area (Å²) in [4.78, 5) is 14.5. The van der Waals surface area contributed by atoms with Crippen molar-refractivity contribution < 1.29 is 9.53 Å². The number of hydrogen-bond acceptors (Lipinski definition) is 4. The van der Waals surface area contributed by atoms with Crippen LogP contribution in [0.25, 0.3) is 0 Å². The van der Waals surface area contributed by atoms with Crippen molar-refractivity contribution in [2.75, 3.05) is 39.3 Å². The number of nitrogens with zero attached hydrogens (tertiary/aromatic N) is 1. The third-order valence-electron chi connectivity index (χ3n) is 3.78. The molecule has 0 spiro atoms. The molecule has 2 heterocycles. The minimum Gasteiger partial charge on any atom is -0.366 e. The highest BCUT2D eigenvalue weighted by atomic mass is 16.5. The summed E-state index contributed by atoms with van der Waals surface area (Å²) >= 11 is 0. The van der Waals surface area contributed by atoms with Gasteiger partial charge in [0.2, 0.25) is 0 Å². The maximum absolute atomic E-state index is 12.0. The monoisotopic (exact) mass is 269 g/mol. The number of hydrogen-bond donors (Lipinski definition) is 2. The Morgan fingerprint density at radius 2 is 2.16 bits per heavy atom. The first-order valence-corrected chi connectivity index (χ1v) is 7.50. The second-order valence-corrected chi connectivity index (χ2v) is 6.04. The zero-order valence-electron chi connectivity index (χ0n) is 12.2. The molecule has 0 saturated carbocycles. The molecule has 0 radical (unpaired) electrons. The van der Waals surface area contributed by atoms with Crippen molar-refractivity contribution in [1.29, 1.82) is 0 Å². The fraction of sp³-hybridized carbons (Fsp3) is 0.929. The second kappa shape index (κ2) is 7.22. The summed E-state index contributed by atoms with van der Waals surface area (Å²) in [6, 6.07) is 0.321. The molecular formula is C14H27N3O2. The largest absolute Gasteiger partial charge is 0.366 e. The van der Waals surface area contributed by atoms with Gasteiger partial charge in [-0.2, -0.15) is 0 Å². The molecule has 2 rings (SSSR count). The molecule has 0 aliphatic carbocycles. The van der Waals surface area contributed by atoms with Crippen LogP contribution in [0.15, 0.2) is 0 Å². The van der Waals surface area contributed by atoms with Crippen LogP contribution in [-0.2, 0) is 9.53 Å². The van der Waals surface area contributed by atoms with Crippen LogP contribution >= 0.6 is 0 Å². The summed E-state index contributed by atoms with van der Waals surface area (Å²) in [6.45, 7) is 9.96. The number of likely N-dealkylation sites (tertiary alicyclic amines) is 1. The molecule has 0 bridgehead atoms. The Morgan fingerprint density at radius 1 is 1.42 bits per heavy atom. The molecule has 2 N–H and O–H groups in total. The van der Waals surface area contributed by atoms with Crippen LogP contribution in [0, 0.1) is 5.92 Å². The number of carbonyl (C=O) groups excluding carboxylic acids is 1. The van der Waals surface area contributed by atoms with Crippen molar-refractivity contribution in [3.8, 4) is 0 Å². The number of ether oxygens (including phenoxy) is 1. The molecule has 1 atom stereocenters. The van der Waals surface area contributed by atoms with E-state index in [1.54, 1.807) is 0 Å². The van der Waals surface area contributed by atoms with E-state index in [1.807, 2.05) is 0 Å². The van der Waals surface area contributed by atoms with E-state index in [4.69, 9.17) is 4.74 Å². The molecule has 19 heavy (non-hydrogen) atoms. The van der Waals surface area contributed by atoms with E-state index in [0.717, 1.165) is 39.0 Å². The Morgan fingerprint density at radius 3 is 2.74 bits per heavy atom. The van der Waals surface area contributed by atoms with E-state index < -0.39 is 0 Å². The van der Waals surface area contributed by atoms with Crippen molar-refractivity contribution in [1.82, 2.24) is 15.5 Å². The number of morpholine rings is 1. The van der Waals surface area contributed by atoms with Gasteiger partial charge in [-0.3, -0.25) is 4.79 Å². The Balaban J connectivity index is 1.68. The Hall–Kier alpha value is -0.650. The normalized spacial score (nSPS) is 26.6. The molecule has 0 aromatic carbocycles. The smallest absolute Gasteiger partial charge is 0.250 e. The van der Waals surface area contributed by atoms with Gasteiger partial charge in [0.25, 0.3) is 5.91 Å². The SMILES string of the molecule is CC(C)CN1CCC(NC(=O)C2CNCCO2)CC1. The van der Waals surface area contributed by atoms with Crippen molar-refractivity contribution in [2.24, 2.45) is 5.92 Å². The van der Waals surface area contributed by atoms with E-state index in [-0.39, 0.29) is 12.0 Å². The van der Waals surface area contributed by atoms with Crippen LogP contribution in [0.1, 0.15) is 26.7 Å². The lowest BCUT2D eigenvalue weighted by Gasteiger charge is -2.34. The Labute approximate surface area is 116 Å². The van der Waals surface area contributed by atoms with Gasteiger partial charge in [0.1, 0.15) is 6.10 Å². The molecule has 5 nitrogen and oxygen atoms in total. The van der Waals surface area contributed by atoms with Crippen LogP contribution in [0.2, 0.25) is 0 Å². The maximum atomic E-state index is 12.0. The van der Waals surface area contributed by atoms with E-state index >= 15 is 0 Å². The summed E-state index contributed by atoms with van der Waals surface area (Å²) in [5.74, 6) is 0.766. The van der Waals surface area contributed by atoms with Crippen LogP contribution in [0.3, 0.4) is 0 Å². The van der Waals surface area contributed by atoms with Crippen LogP contribution in [0.4, 0.5) is 0 Å². The summed E-state index contributed by atoms with van der Waals surface area (Å²) in [6.07, 6.45) is 1.81. The predicted octanol–water partition coefficient (Wildman–Crippen LogP) is 0.211. The quantitative estimate of drug-likeness (QED) is 0.766. The average Bonchev–Trinajstić information content (AvgIpc) is 2.41. The molecule has 2 aliphatic heterocycles. The van der Waals surface area contributed by atoms with Gasteiger partial charge >= 0.3 is 0 Å². The molecule has 0 aromatic rings. The molecule has 110 valence electrons. The van der Waals surface area contributed by atoms with E-state index in [0.29, 0.717) is 25.1 Å². The van der Waals surface area contributed by atoms with Gasteiger partial charge < -0.3 is 20.3 Å². The summed E-state index contributed by atoms with van der Waals surface area (Å²) in [7, 11) is 0. The average molecular weight is 269 g/mol. The van der Waals surface area contributed by atoms with Crippen molar-refractivity contribution >= 4 is 5.91 Å². The van der Waals surface area contributed by atoms with E-state index in [9.17, 15) is 4.79 Å². The summed E-state index contributed by atoms with van der Waals surface area (Å²) in [5, 5.41) is 6.32. The third-order valence-corrected chi connectivity index (χ3v) is 3.78. The molecule has 0 aromatic heterocycles. The fourth-order valence-corrected chi connectivity index (χ4v) is 2.80. The maximum Gasteiger partial charge on any atom is 0.250 e. The molecule has 1 amide bonds. The number of nitrogens with one attached hydrogen (secondary N) is 2. The fourth-order valence-electron chi connectivity index (χ4n) is 2.80. The van der Waals surface area contributed by atoms with Crippen LogP contribution < -0.4 is 10.6 Å². The van der Waals surface area contributed by atoms with Gasteiger partial charge in [-0.1, -0.05) is 13.8 Å². The van der Waals surface area contributed by atoms with Crippen LogP contribution in [0.5, 0.6) is 0 Å². The van der Waals surface area contributed by atoms with Crippen molar-refractivity contribution in [2.45, 2.75) is 38.8 Å². The summed E-state index contributed by atoms with van der Waals surface area (Å²) < 4.78 is 5.47. The number of piperidine rings is 1. The minimum absolute atomic E-state index is 0.0505. The standard InChI is InChI=1S/C14H27N3O2/c1-11(2)10-17-6-3-12(4-7-17)16-14(18)13-9-15-5-8-19-13/h11-13,15H,3-10H2,1-2H3,(H,16,18). The van der Waals surface area contributed by atoms with Gasteiger partial charge in [-0.05, 0) is 18.8 Å². The Kier molecular flexibility index (Phi) is 5.60. The van der Waals surface area contributed by atoms with Gasteiger partial charge in [-0.25, -0.2) is 0 Å². The molecule has 1 unspecified atom stereocenters. The van der Waals surface area contributed by atoms with Gasteiger partial charge in [0.15, 0.2) is 0 Å². The number of carbonyl (C=O) groups is 1. The minimum atomic E-state index is -0.303. The highest BCUT2D eigenvalue weighted by molar-refractivity contribution is 5.81. The Bertz CT molecular complexity index is 282. The highest BCUT2D eigenvalue weighted by Crippen LogP contribution is 2.12. The van der Waals surface area contributed by atoms with Crippen molar-refractivity contribution in [3.63, 3.8) is 0 Å². The first-order valence-electron chi connectivity index (χ1n) is 7.50. The van der Waals surface area contributed by atoms with E-state index in [2.05, 4.69) is 29.4 Å². The molecule has 5 heteroatoms. The predicted molar refractivity (Wildman–Crippen MR) is 75.1 cm³/mol. The third kappa shape index (κ3) is 4.75. The highest BCUT2D eigenvalue weighted by Gasteiger charge is 2.26. The lowest BCUT2D eigenvalue weighted by atomic mass is 10.0. The van der Waals surface area contributed by atoms with Gasteiger partial charge in [-0.15, -0.1) is 0 Å². The zero-order chi connectivity index (χ0) is 13.7. The first kappa shape index (κ1) is 14.8. The first-order chi connectivity index (χ1) is 9.15.